The predicted molar refractivity (Wildman–Crippen MR) is 70.5 cm³/mol. The van der Waals surface area contributed by atoms with Crippen molar-refractivity contribution < 1.29 is 14.6 Å². The van der Waals surface area contributed by atoms with E-state index in [0.29, 0.717) is 5.92 Å². The first kappa shape index (κ1) is 12.2. The first-order chi connectivity index (χ1) is 9.16. The third kappa shape index (κ3) is 2.10. The van der Waals surface area contributed by atoms with E-state index in [0.717, 1.165) is 42.9 Å². The van der Waals surface area contributed by atoms with Gasteiger partial charge in [0.25, 0.3) is 0 Å². The van der Waals surface area contributed by atoms with Gasteiger partial charge in [0.05, 0.1) is 16.6 Å². The van der Waals surface area contributed by atoms with E-state index < -0.39 is 5.97 Å². The maximum Gasteiger partial charge on any atom is 0.335 e. The third-order valence-corrected chi connectivity index (χ3v) is 3.75. The number of ether oxygens (including phenoxy) is 1. The second-order valence-corrected chi connectivity index (χ2v) is 4.92. The third-order valence-electron chi connectivity index (χ3n) is 3.75. The van der Waals surface area contributed by atoms with Gasteiger partial charge in [-0.05, 0) is 31.0 Å². The molecule has 1 N–H and O–H groups in total. The molecule has 100 valence electrons. The minimum atomic E-state index is -0.917. The van der Waals surface area contributed by atoms with Gasteiger partial charge in [0.15, 0.2) is 0 Å². The molecule has 1 saturated heterocycles. The number of carboxylic acids is 1. The van der Waals surface area contributed by atoms with Crippen molar-refractivity contribution in [2.45, 2.75) is 18.8 Å². The molecule has 0 spiro atoms. The van der Waals surface area contributed by atoms with Crippen molar-refractivity contribution in [1.29, 1.82) is 0 Å². The number of fused-ring (bicyclic) bond motifs is 1. The van der Waals surface area contributed by atoms with Gasteiger partial charge < -0.3 is 14.4 Å². The summed E-state index contributed by atoms with van der Waals surface area (Å²) in [5.74, 6) is 0.514. The van der Waals surface area contributed by atoms with E-state index >= 15 is 0 Å². The first-order valence-electron chi connectivity index (χ1n) is 6.44. The summed E-state index contributed by atoms with van der Waals surface area (Å²) >= 11 is 0. The fraction of sp³-hybridized carbons (Fsp3) is 0.429. The number of nitrogens with zero attached hydrogens (tertiary/aromatic N) is 2. The molecular formula is C14H16N2O3. The zero-order valence-electron chi connectivity index (χ0n) is 10.8. The van der Waals surface area contributed by atoms with Gasteiger partial charge in [-0.25, -0.2) is 9.78 Å². The highest BCUT2D eigenvalue weighted by Gasteiger charge is 2.21. The van der Waals surface area contributed by atoms with Crippen molar-refractivity contribution in [2.75, 3.05) is 13.2 Å². The average molecular weight is 260 g/mol. The summed E-state index contributed by atoms with van der Waals surface area (Å²) in [6.07, 6.45) is 1.95. The lowest BCUT2D eigenvalue weighted by atomic mass is 9.99. The Morgan fingerprint density at radius 2 is 2.16 bits per heavy atom. The summed E-state index contributed by atoms with van der Waals surface area (Å²) in [7, 11) is 1.99. The second kappa shape index (κ2) is 4.66. The van der Waals surface area contributed by atoms with E-state index in [9.17, 15) is 4.79 Å². The van der Waals surface area contributed by atoms with Crippen LogP contribution in [0.3, 0.4) is 0 Å². The van der Waals surface area contributed by atoms with Crippen LogP contribution in [0.15, 0.2) is 18.2 Å². The molecule has 1 aliphatic heterocycles. The number of carboxylic acid groups (broad SMARTS) is 1. The Kier molecular flexibility index (Phi) is 2.98. The number of hydrogen-bond donors (Lipinski definition) is 1. The molecule has 0 radical (unpaired) electrons. The Labute approximate surface area is 110 Å². The number of carbonyl (C=O) groups is 1. The zero-order valence-corrected chi connectivity index (χ0v) is 10.8. The number of aromatic nitrogens is 2. The molecule has 3 rings (SSSR count). The molecule has 5 nitrogen and oxygen atoms in total. The number of imidazole rings is 1. The molecule has 2 aromatic rings. The van der Waals surface area contributed by atoms with Gasteiger partial charge in [-0.3, -0.25) is 0 Å². The van der Waals surface area contributed by atoms with Gasteiger partial charge in [0, 0.05) is 26.2 Å². The Bertz CT molecular complexity index is 627. The standard InChI is InChI=1S/C14H16N2O3/c1-16-12-3-2-10(14(17)18)8-11(12)15-13(16)9-4-6-19-7-5-9/h2-3,8-9H,4-7H2,1H3,(H,17,18). The highest BCUT2D eigenvalue weighted by molar-refractivity contribution is 5.92. The second-order valence-electron chi connectivity index (χ2n) is 4.92. The highest BCUT2D eigenvalue weighted by Crippen LogP contribution is 2.28. The van der Waals surface area contributed by atoms with Gasteiger partial charge in [0.2, 0.25) is 0 Å². The van der Waals surface area contributed by atoms with E-state index in [2.05, 4.69) is 9.55 Å². The molecule has 1 aliphatic rings. The number of aromatic carboxylic acids is 1. The molecule has 1 aromatic carbocycles. The monoisotopic (exact) mass is 260 g/mol. The lowest BCUT2D eigenvalue weighted by Gasteiger charge is -2.21. The minimum absolute atomic E-state index is 0.282. The lowest BCUT2D eigenvalue weighted by Crippen LogP contribution is -2.17. The van der Waals surface area contributed by atoms with Crippen LogP contribution in [0.5, 0.6) is 0 Å². The summed E-state index contributed by atoms with van der Waals surface area (Å²) in [6.45, 7) is 1.54. The van der Waals surface area contributed by atoms with Gasteiger partial charge >= 0.3 is 5.97 Å². The number of aryl methyl sites for hydroxylation is 1. The van der Waals surface area contributed by atoms with E-state index in [4.69, 9.17) is 9.84 Å². The van der Waals surface area contributed by atoms with Gasteiger partial charge in [-0.2, -0.15) is 0 Å². The van der Waals surface area contributed by atoms with E-state index in [1.165, 1.54) is 0 Å². The van der Waals surface area contributed by atoms with Crippen molar-refractivity contribution >= 4 is 17.0 Å². The van der Waals surface area contributed by atoms with Crippen molar-refractivity contribution in [1.82, 2.24) is 9.55 Å². The van der Waals surface area contributed by atoms with Gasteiger partial charge in [-0.15, -0.1) is 0 Å². The van der Waals surface area contributed by atoms with Gasteiger partial charge in [0.1, 0.15) is 5.82 Å². The van der Waals surface area contributed by atoms with Crippen LogP contribution in [-0.2, 0) is 11.8 Å². The van der Waals surface area contributed by atoms with E-state index in [1.54, 1.807) is 12.1 Å². The number of hydrogen-bond acceptors (Lipinski definition) is 3. The Morgan fingerprint density at radius 1 is 1.42 bits per heavy atom. The summed E-state index contributed by atoms with van der Waals surface area (Å²) < 4.78 is 7.44. The minimum Gasteiger partial charge on any atom is -0.478 e. The van der Waals surface area contributed by atoms with Crippen molar-refractivity contribution in [3.8, 4) is 0 Å². The molecule has 0 amide bonds. The Balaban J connectivity index is 2.06. The Hall–Kier alpha value is -1.88. The van der Waals surface area contributed by atoms with Crippen LogP contribution in [0.4, 0.5) is 0 Å². The van der Waals surface area contributed by atoms with Crippen LogP contribution >= 0.6 is 0 Å². The fourth-order valence-corrected chi connectivity index (χ4v) is 2.67. The van der Waals surface area contributed by atoms with Crippen molar-refractivity contribution in [3.05, 3.63) is 29.6 Å². The molecule has 1 aromatic heterocycles. The predicted octanol–water partition coefficient (Wildman–Crippen LogP) is 2.17. The molecule has 2 heterocycles. The molecule has 0 atom stereocenters. The molecule has 0 bridgehead atoms. The quantitative estimate of drug-likeness (QED) is 0.898. The van der Waals surface area contributed by atoms with Crippen LogP contribution in [0, 0.1) is 0 Å². The summed E-state index contributed by atoms with van der Waals surface area (Å²) in [6, 6.07) is 5.09. The maximum atomic E-state index is 11.0. The molecule has 0 unspecified atom stereocenters. The topological polar surface area (TPSA) is 64.4 Å². The molecule has 0 aliphatic carbocycles. The Morgan fingerprint density at radius 3 is 2.84 bits per heavy atom. The first-order valence-corrected chi connectivity index (χ1v) is 6.44. The van der Waals surface area contributed by atoms with Crippen LogP contribution in [0.2, 0.25) is 0 Å². The van der Waals surface area contributed by atoms with Crippen molar-refractivity contribution in [2.24, 2.45) is 7.05 Å². The lowest BCUT2D eigenvalue weighted by molar-refractivity contribution is 0.0697. The van der Waals surface area contributed by atoms with E-state index in [1.807, 2.05) is 13.1 Å². The number of rotatable bonds is 2. The highest BCUT2D eigenvalue weighted by atomic mass is 16.5. The normalized spacial score (nSPS) is 16.9. The maximum absolute atomic E-state index is 11.0. The van der Waals surface area contributed by atoms with Gasteiger partial charge in [-0.1, -0.05) is 0 Å². The molecule has 5 heteroatoms. The fourth-order valence-electron chi connectivity index (χ4n) is 2.67. The molecular weight excluding hydrogens is 244 g/mol. The zero-order chi connectivity index (χ0) is 13.4. The van der Waals surface area contributed by atoms with Crippen LogP contribution in [-0.4, -0.2) is 33.8 Å². The van der Waals surface area contributed by atoms with Crippen LogP contribution < -0.4 is 0 Å². The SMILES string of the molecule is Cn1c(C2CCOCC2)nc2cc(C(=O)O)ccc21. The molecule has 0 saturated carbocycles. The molecule has 1 fully saturated rings. The smallest absolute Gasteiger partial charge is 0.335 e. The van der Waals surface area contributed by atoms with Crippen molar-refractivity contribution in [3.63, 3.8) is 0 Å². The summed E-state index contributed by atoms with van der Waals surface area (Å²) in [5.41, 5.74) is 2.01. The van der Waals surface area contributed by atoms with Crippen LogP contribution in [0.1, 0.15) is 34.9 Å². The number of benzene rings is 1. The summed E-state index contributed by atoms with van der Waals surface area (Å²) in [5, 5.41) is 9.02. The average Bonchev–Trinajstić information content (AvgIpc) is 2.76. The molecule has 19 heavy (non-hydrogen) atoms. The summed E-state index contributed by atoms with van der Waals surface area (Å²) in [4.78, 5) is 15.6. The largest absolute Gasteiger partial charge is 0.478 e. The van der Waals surface area contributed by atoms with E-state index in [-0.39, 0.29) is 5.56 Å². The van der Waals surface area contributed by atoms with Crippen LogP contribution in [0.25, 0.3) is 11.0 Å².